The minimum atomic E-state index is -0.152. The van der Waals surface area contributed by atoms with Crippen molar-refractivity contribution in [3.63, 3.8) is 0 Å². The zero-order chi connectivity index (χ0) is 17.9. The topological polar surface area (TPSA) is 49.8 Å². The number of ether oxygens (including phenoxy) is 1. The van der Waals surface area contributed by atoms with Crippen LogP contribution in [0.2, 0.25) is 0 Å². The minimum absolute atomic E-state index is 0.0330. The van der Waals surface area contributed by atoms with Crippen LogP contribution in [0.4, 0.5) is 0 Å². The Morgan fingerprint density at radius 2 is 1.81 bits per heavy atom. The smallest absolute Gasteiger partial charge is 0.307 e. The lowest BCUT2D eigenvalue weighted by molar-refractivity contribution is -0.159. The predicted molar refractivity (Wildman–Crippen MR) is 100 cm³/mol. The largest absolute Gasteiger partial charge is 0.508 e. The van der Waals surface area contributed by atoms with Crippen LogP contribution < -0.4 is 0 Å². The van der Waals surface area contributed by atoms with Gasteiger partial charge in [0.15, 0.2) is 0 Å². The van der Waals surface area contributed by atoms with E-state index in [-0.39, 0.29) is 30.2 Å². The maximum atomic E-state index is 12.7. The highest BCUT2D eigenvalue weighted by atomic mass is 16.5. The molecule has 0 saturated carbocycles. The molecule has 136 valence electrons. The standard InChI is InChI=1S/C22H25NO3/c24-19-8-4-7-18(13-19)20(16-5-2-1-3-6-16)14-22(25)26-21-15-23-11-9-17(21)10-12-23/h1-8,13,17,20-21,24H,9-12,14-15H2/t20-,21-/m0/s1. The van der Waals surface area contributed by atoms with Crippen LogP contribution in [0.25, 0.3) is 0 Å². The summed E-state index contributed by atoms with van der Waals surface area (Å²) in [6.07, 6.45) is 2.58. The van der Waals surface area contributed by atoms with E-state index in [0.717, 1.165) is 43.6 Å². The first-order chi connectivity index (χ1) is 12.7. The van der Waals surface area contributed by atoms with Crippen molar-refractivity contribution in [2.24, 2.45) is 5.92 Å². The maximum Gasteiger partial charge on any atom is 0.307 e. The van der Waals surface area contributed by atoms with Crippen molar-refractivity contribution in [2.75, 3.05) is 19.6 Å². The molecule has 0 amide bonds. The number of phenols is 1. The van der Waals surface area contributed by atoms with Crippen LogP contribution in [-0.4, -0.2) is 41.7 Å². The highest BCUT2D eigenvalue weighted by Crippen LogP contribution is 2.33. The first kappa shape index (κ1) is 17.1. The summed E-state index contributed by atoms with van der Waals surface area (Å²) >= 11 is 0. The van der Waals surface area contributed by atoms with Crippen molar-refractivity contribution >= 4 is 5.97 Å². The number of aromatic hydroxyl groups is 1. The molecule has 5 rings (SSSR count). The van der Waals surface area contributed by atoms with E-state index in [9.17, 15) is 9.90 Å². The lowest BCUT2D eigenvalue weighted by Gasteiger charge is -2.44. The first-order valence-electron chi connectivity index (χ1n) is 9.45. The van der Waals surface area contributed by atoms with E-state index in [1.54, 1.807) is 12.1 Å². The van der Waals surface area contributed by atoms with Gasteiger partial charge in [-0.05, 0) is 55.1 Å². The summed E-state index contributed by atoms with van der Waals surface area (Å²) in [7, 11) is 0. The van der Waals surface area contributed by atoms with Crippen LogP contribution >= 0.6 is 0 Å². The molecule has 3 fully saturated rings. The van der Waals surface area contributed by atoms with Gasteiger partial charge in [0, 0.05) is 12.5 Å². The Hall–Kier alpha value is -2.33. The summed E-state index contributed by atoms with van der Waals surface area (Å²) in [6, 6.07) is 17.1. The number of benzene rings is 2. The molecule has 2 aromatic rings. The number of phenolic OH excluding ortho intramolecular Hbond substituents is 1. The molecule has 2 aromatic carbocycles. The molecule has 2 atom stereocenters. The van der Waals surface area contributed by atoms with Crippen molar-refractivity contribution in [1.29, 1.82) is 0 Å². The molecule has 3 aliphatic rings. The fourth-order valence-electron chi connectivity index (χ4n) is 4.28. The number of esters is 1. The molecule has 0 aliphatic carbocycles. The highest BCUT2D eigenvalue weighted by molar-refractivity contribution is 5.72. The van der Waals surface area contributed by atoms with Crippen LogP contribution in [0.1, 0.15) is 36.3 Å². The third-order valence-electron chi connectivity index (χ3n) is 5.72. The summed E-state index contributed by atoms with van der Waals surface area (Å²) in [4.78, 5) is 15.1. The Morgan fingerprint density at radius 3 is 2.46 bits per heavy atom. The summed E-state index contributed by atoms with van der Waals surface area (Å²) in [5, 5.41) is 9.85. The number of hydrogen-bond donors (Lipinski definition) is 1. The maximum absolute atomic E-state index is 12.7. The Bertz CT molecular complexity index is 753. The van der Waals surface area contributed by atoms with Gasteiger partial charge in [-0.1, -0.05) is 42.5 Å². The van der Waals surface area contributed by atoms with E-state index < -0.39 is 0 Å². The van der Waals surface area contributed by atoms with Gasteiger partial charge in [0.05, 0.1) is 6.42 Å². The second kappa shape index (κ2) is 7.50. The number of carbonyl (C=O) groups excluding carboxylic acids is 1. The van der Waals surface area contributed by atoms with Gasteiger partial charge in [-0.3, -0.25) is 9.69 Å². The molecular weight excluding hydrogens is 326 g/mol. The fourth-order valence-corrected chi connectivity index (χ4v) is 4.28. The molecular formula is C22H25NO3. The lowest BCUT2D eigenvalue weighted by Crippen LogP contribution is -2.52. The van der Waals surface area contributed by atoms with Crippen LogP contribution in [0.15, 0.2) is 54.6 Å². The molecule has 3 heterocycles. The van der Waals surface area contributed by atoms with Crippen LogP contribution in [0, 0.1) is 5.92 Å². The molecule has 3 aliphatic heterocycles. The predicted octanol–water partition coefficient (Wildman–Crippen LogP) is 3.55. The molecule has 0 radical (unpaired) electrons. The second-order valence-corrected chi connectivity index (χ2v) is 7.43. The van der Waals surface area contributed by atoms with E-state index in [2.05, 4.69) is 4.90 Å². The lowest BCUT2D eigenvalue weighted by atomic mass is 9.85. The molecule has 0 spiro atoms. The van der Waals surface area contributed by atoms with Crippen LogP contribution in [0.3, 0.4) is 0 Å². The van der Waals surface area contributed by atoms with Gasteiger partial charge in [-0.25, -0.2) is 0 Å². The zero-order valence-electron chi connectivity index (χ0n) is 14.9. The molecule has 1 N–H and O–H groups in total. The molecule has 4 heteroatoms. The van der Waals surface area contributed by atoms with Gasteiger partial charge >= 0.3 is 5.97 Å². The van der Waals surface area contributed by atoms with Gasteiger partial charge in [0.2, 0.25) is 0 Å². The van der Waals surface area contributed by atoms with Crippen molar-refractivity contribution in [3.8, 4) is 5.75 Å². The van der Waals surface area contributed by atoms with Crippen molar-refractivity contribution in [3.05, 3.63) is 65.7 Å². The SMILES string of the molecule is O=C(C[C@@H](c1ccccc1)c1cccc(O)c1)O[C@H]1CN2CCC1CC2. The van der Waals surface area contributed by atoms with Gasteiger partial charge in [-0.15, -0.1) is 0 Å². The molecule has 4 nitrogen and oxygen atoms in total. The van der Waals surface area contributed by atoms with Crippen LogP contribution in [0.5, 0.6) is 5.75 Å². The van der Waals surface area contributed by atoms with E-state index in [1.165, 1.54) is 0 Å². The Balaban J connectivity index is 1.50. The summed E-state index contributed by atoms with van der Waals surface area (Å²) in [6.45, 7) is 3.14. The Labute approximate surface area is 154 Å². The van der Waals surface area contributed by atoms with E-state index in [1.807, 2.05) is 42.5 Å². The van der Waals surface area contributed by atoms with E-state index >= 15 is 0 Å². The molecule has 2 bridgehead atoms. The number of hydrogen-bond acceptors (Lipinski definition) is 4. The van der Waals surface area contributed by atoms with Crippen molar-refractivity contribution in [2.45, 2.75) is 31.3 Å². The summed E-state index contributed by atoms with van der Waals surface area (Å²) < 4.78 is 5.89. The molecule has 26 heavy (non-hydrogen) atoms. The van der Waals surface area contributed by atoms with Gasteiger partial charge in [-0.2, -0.15) is 0 Å². The Morgan fingerprint density at radius 1 is 1.08 bits per heavy atom. The molecule has 0 aromatic heterocycles. The van der Waals surface area contributed by atoms with Crippen molar-refractivity contribution in [1.82, 2.24) is 4.90 Å². The quantitative estimate of drug-likeness (QED) is 0.837. The number of carbonyl (C=O) groups is 1. The van der Waals surface area contributed by atoms with Crippen LogP contribution in [-0.2, 0) is 9.53 Å². The minimum Gasteiger partial charge on any atom is -0.508 e. The van der Waals surface area contributed by atoms with E-state index in [0.29, 0.717) is 5.92 Å². The van der Waals surface area contributed by atoms with Gasteiger partial charge in [0.1, 0.15) is 11.9 Å². The first-order valence-corrected chi connectivity index (χ1v) is 9.45. The Kier molecular flexibility index (Phi) is 4.93. The number of rotatable bonds is 5. The van der Waals surface area contributed by atoms with E-state index in [4.69, 9.17) is 4.74 Å². The zero-order valence-corrected chi connectivity index (χ0v) is 14.9. The average molecular weight is 351 g/mol. The number of piperidine rings is 3. The summed E-state index contributed by atoms with van der Waals surface area (Å²) in [5.74, 6) is 0.465. The van der Waals surface area contributed by atoms with Crippen molar-refractivity contribution < 1.29 is 14.6 Å². The average Bonchev–Trinajstić information content (AvgIpc) is 2.68. The highest BCUT2D eigenvalue weighted by Gasteiger charge is 2.36. The molecule has 0 unspecified atom stereocenters. The number of fused-ring (bicyclic) bond motifs is 3. The summed E-state index contributed by atoms with van der Waals surface area (Å²) in [5.41, 5.74) is 1.99. The van der Waals surface area contributed by atoms with Gasteiger partial charge < -0.3 is 9.84 Å². The van der Waals surface area contributed by atoms with Gasteiger partial charge in [0.25, 0.3) is 0 Å². The monoisotopic (exact) mass is 351 g/mol. The molecule has 3 saturated heterocycles. The fraction of sp³-hybridized carbons (Fsp3) is 0.409. The third kappa shape index (κ3) is 3.75. The number of nitrogens with zero attached hydrogens (tertiary/aromatic N) is 1. The normalized spacial score (nSPS) is 25.6. The second-order valence-electron chi connectivity index (χ2n) is 7.43. The third-order valence-corrected chi connectivity index (χ3v) is 5.72.